The highest BCUT2D eigenvalue weighted by atomic mass is 32.1. The summed E-state index contributed by atoms with van der Waals surface area (Å²) in [6.45, 7) is 6.55. The highest BCUT2D eigenvalue weighted by molar-refractivity contribution is 7.20. The maximum Gasteiger partial charge on any atom is 0.226 e. The van der Waals surface area contributed by atoms with Crippen molar-refractivity contribution in [3.8, 4) is 9.88 Å². The summed E-state index contributed by atoms with van der Waals surface area (Å²) in [7, 11) is 0. The number of thiophene rings is 1. The van der Waals surface area contributed by atoms with Gasteiger partial charge >= 0.3 is 0 Å². The molecule has 2 aromatic heterocycles. The van der Waals surface area contributed by atoms with E-state index in [9.17, 15) is 4.79 Å². The molecule has 120 valence electrons. The number of nitrogens with one attached hydrogen (secondary N) is 1. The number of amides is 1. The number of rotatable bonds is 8. The van der Waals surface area contributed by atoms with Gasteiger partial charge in [-0.05, 0) is 30.7 Å². The number of hydrogen-bond donors (Lipinski definition) is 1. The van der Waals surface area contributed by atoms with Crippen LogP contribution in [0.4, 0.5) is 0 Å². The molecule has 0 bridgehead atoms. The lowest BCUT2D eigenvalue weighted by molar-refractivity contribution is -0.121. The Hall–Kier alpha value is -1.20. The second-order valence-electron chi connectivity index (χ2n) is 6.09. The largest absolute Gasteiger partial charge is 0.353 e. The van der Waals surface area contributed by atoms with Crippen molar-refractivity contribution in [1.29, 1.82) is 0 Å². The van der Waals surface area contributed by atoms with Gasteiger partial charge < -0.3 is 5.32 Å². The van der Waals surface area contributed by atoms with Crippen LogP contribution >= 0.6 is 22.7 Å². The summed E-state index contributed by atoms with van der Waals surface area (Å²) >= 11 is 3.28. The molecule has 0 aliphatic carbocycles. The summed E-state index contributed by atoms with van der Waals surface area (Å²) in [6.07, 6.45) is 3.80. The minimum absolute atomic E-state index is 0.0695. The van der Waals surface area contributed by atoms with Crippen LogP contribution in [0.15, 0.2) is 22.9 Å². The van der Waals surface area contributed by atoms with Crippen molar-refractivity contribution in [2.75, 3.05) is 0 Å². The van der Waals surface area contributed by atoms with Crippen LogP contribution in [0, 0.1) is 5.92 Å². The van der Waals surface area contributed by atoms with Gasteiger partial charge in [-0.25, -0.2) is 4.98 Å². The Morgan fingerprint density at radius 3 is 2.77 bits per heavy atom. The molecule has 5 heteroatoms. The van der Waals surface area contributed by atoms with Crippen molar-refractivity contribution in [2.45, 2.75) is 52.5 Å². The molecular formula is C17H24N2OS2. The molecule has 1 atom stereocenters. The smallest absolute Gasteiger partial charge is 0.226 e. The summed E-state index contributed by atoms with van der Waals surface area (Å²) in [5, 5.41) is 8.10. The first-order valence-corrected chi connectivity index (χ1v) is 9.58. The van der Waals surface area contributed by atoms with E-state index in [2.05, 4.69) is 37.1 Å². The van der Waals surface area contributed by atoms with Crippen LogP contribution in [0.5, 0.6) is 0 Å². The van der Waals surface area contributed by atoms with Crippen molar-refractivity contribution >= 4 is 28.6 Å². The average molecular weight is 337 g/mol. The molecule has 2 aromatic rings. The third kappa shape index (κ3) is 5.54. The van der Waals surface area contributed by atoms with Crippen LogP contribution in [0.3, 0.4) is 0 Å². The molecule has 1 amide bonds. The van der Waals surface area contributed by atoms with Gasteiger partial charge in [0.1, 0.15) is 5.01 Å². The number of carbonyl (C=O) groups excluding carboxylic acids is 1. The van der Waals surface area contributed by atoms with Crippen LogP contribution < -0.4 is 5.32 Å². The highest BCUT2D eigenvalue weighted by Crippen LogP contribution is 2.27. The predicted octanol–water partition coefficient (Wildman–Crippen LogP) is 4.75. The standard InChI is InChI=1S/C17H24N2OS2/c1-12(2)6-4-7-13(3)18-16(20)10-14-11-22-17(19-14)15-8-5-9-21-15/h5,8-9,11-13H,4,6-7,10H2,1-3H3,(H,18,20)/t13-/m0/s1. The molecule has 22 heavy (non-hydrogen) atoms. The second kappa shape index (κ2) is 8.44. The quantitative estimate of drug-likeness (QED) is 0.756. The van der Waals surface area contributed by atoms with E-state index < -0.39 is 0 Å². The summed E-state index contributed by atoms with van der Waals surface area (Å²) in [5.74, 6) is 0.800. The molecular weight excluding hydrogens is 312 g/mol. The molecule has 2 heterocycles. The summed E-state index contributed by atoms with van der Waals surface area (Å²) in [4.78, 5) is 17.8. The van der Waals surface area contributed by atoms with Gasteiger partial charge in [-0.15, -0.1) is 22.7 Å². The van der Waals surface area contributed by atoms with E-state index in [-0.39, 0.29) is 11.9 Å². The predicted molar refractivity (Wildman–Crippen MR) is 95.4 cm³/mol. The van der Waals surface area contributed by atoms with Crippen molar-refractivity contribution in [3.05, 3.63) is 28.6 Å². The molecule has 0 aromatic carbocycles. The van der Waals surface area contributed by atoms with Gasteiger partial charge in [0.05, 0.1) is 17.0 Å². The lowest BCUT2D eigenvalue weighted by Gasteiger charge is -2.14. The summed E-state index contributed by atoms with van der Waals surface area (Å²) in [6, 6.07) is 4.32. The van der Waals surface area contributed by atoms with Crippen LogP contribution in [-0.4, -0.2) is 16.9 Å². The van der Waals surface area contributed by atoms with Gasteiger partial charge in [0, 0.05) is 11.4 Å². The van der Waals surface area contributed by atoms with E-state index in [0.717, 1.165) is 23.0 Å². The number of hydrogen-bond acceptors (Lipinski definition) is 4. The number of carbonyl (C=O) groups is 1. The van der Waals surface area contributed by atoms with Crippen molar-refractivity contribution in [3.63, 3.8) is 0 Å². The maximum atomic E-state index is 12.1. The Morgan fingerprint density at radius 1 is 1.27 bits per heavy atom. The van der Waals surface area contributed by atoms with Gasteiger partial charge in [0.2, 0.25) is 5.91 Å². The summed E-state index contributed by atoms with van der Waals surface area (Å²) < 4.78 is 0. The van der Waals surface area contributed by atoms with Gasteiger partial charge in [-0.1, -0.05) is 32.8 Å². The van der Waals surface area contributed by atoms with Gasteiger partial charge in [0.25, 0.3) is 0 Å². The molecule has 0 fully saturated rings. The van der Waals surface area contributed by atoms with Crippen molar-refractivity contribution in [1.82, 2.24) is 10.3 Å². The van der Waals surface area contributed by atoms with Gasteiger partial charge in [-0.2, -0.15) is 0 Å². The van der Waals surface area contributed by atoms with Crippen LogP contribution in [0.2, 0.25) is 0 Å². The fraction of sp³-hybridized carbons (Fsp3) is 0.529. The summed E-state index contributed by atoms with van der Waals surface area (Å²) in [5.41, 5.74) is 0.861. The van der Waals surface area contributed by atoms with Crippen LogP contribution in [0.25, 0.3) is 9.88 Å². The first-order valence-electron chi connectivity index (χ1n) is 7.82. The third-order valence-electron chi connectivity index (χ3n) is 3.45. The van der Waals surface area contributed by atoms with E-state index in [1.807, 2.05) is 16.8 Å². The van der Waals surface area contributed by atoms with E-state index >= 15 is 0 Å². The zero-order chi connectivity index (χ0) is 15.9. The van der Waals surface area contributed by atoms with Crippen molar-refractivity contribution in [2.24, 2.45) is 5.92 Å². The first-order chi connectivity index (χ1) is 10.5. The fourth-order valence-electron chi connectivity index (χ4n) is 2.30. The molecule has 0 saturated heterocycles. The lowest BCUT2D eigenvalue weighted by Crippen LogP contribution is -2.33. The Bertz CT molecular complexity index is 575. The SMILES string of the molecule is CC(C)CCC[C@H](C)NC(=O)Cc1csc(-c2cccs2)n1. The molecule has 0 aliphatic rings. The number of thiazole rings is 1. The topological polar surface area (TPSA) is 42.0 Å². The Morgan fingerprint density at radius 2 is 2.09 bits per heavy atom. The Balaban J connectivity index is 1.77. The van der Waals surface area contributed by atoms with Gasteiger partial charge in [0.15, 0.2) is 0 Å². The fourth-order valence-corrected chi connectivity index (χ4v) is 3.93. The molecule has 0 unspecified atom stereocenters. The minimum Gasteiger partial charge on any atom is -0.353 e. The molecule has 1 N–H and O–H groups in total. The molecule has 0 aliphatic heterocycles. The third-order valence-corrected chi connectivity index (χ3v) is 5.38. The van der Waals surface area contributed by atoms with E-state index in [1.54, 1.807) is 22.7 Å². The zero-order valence-electron chi connectivity index (χ0n) is 13.5. The Kier molecular flexibility index (Phi) is 6.58. The molecule has 0 radical (unpaired) electrons. The van der Waals surface area contributed by atoms with E-state index in [4.69, 9.17) is 0 Å². The highest BCUT2D eigenvalue weighted by Gasteiger charge is 2.12. The molecule has 2 rings (SSSR count). The van der Waals surface area contributed by atoms with Crippen molar-refractivity contribution < 1.29 is 4.79 Å². The van der Waals surface area contributed by atoms with Gasteiger partial charge in [-0.3, -0.25) is 4.79 Å². The van der Waals surface area contributed by atoms with E-state index in [1.165, 1.54) is 17.7 Å². The zero-order valence-corrected chi connectivity index (χ0v) is 15.1. The lowest BCUT2D eigenvalue weighted by atomic mass is 10.0. The minimum atomic E-state index is 0.0695. The molecule has 0 saturated carbocycles. The molecule has 3 nitrogen and oxygen atoms in total. The van der Waals surface area contributed by atoms with Crippen LogP contribution in [0.1, 0.15) is 45.7 Å². The first kappa shape index (κ1) is 17.2. The van der Waals surface area contributed by atoms with E-state index in [0.29, 0.717) is 6.42 Å². The van der Waals surface area contributed by atoms with Crippen LogP contribution in [-0.2, 0) is 11.2 Å². The number of aromatic nitrogens is 1. The average Bonchev–Trinajstić information content (AvgIpc) is 3.07. The normalized spacial score (nSPS) is 12.5. The Labute approximate surface area is 140 Å². The maximum absolute atomic E-state index is 12.1. The second-order valence-corrected chi connectivity index (χ2v) is 7.90. The molecule has 0 spiro atoms. The number of nitrogens with zero attached hydrogens (tertiary/aromatic N) is 1. The monoisotopic (exact) mass is 336 g/mol.